The van der Waals surface area contributed by atoms with Gasteiger partial charge in [-0.05, 0) is 49.4 Å². The first-order valence-corrected chi connectivity index (χ1v) is 8.10. The lowest BCUT2D eigenvalue weighted by Gasteiger charge is -2.19. The standard InChI is InChI=1S/C18H21NO4/c1-2-19(7-6-18(21)22)17(20)10-14-11-23-16-9-13-5-3-4-12(13)8-15(14)16/h8-9,11H,2-7,10H2,1H3,(H,21,22). The zero-order valence-corrected chi connectivity index (χ0v) is 13.3. The van der Waals surface area contributed by atoms with Crippen molar-refractivity contribution in [2.24, 2.45) is 0 Å². The van der Waals surface area contributed by atoms with Crippen LogP contribution in [-0.4, -0.2) is 35.0 Å². The molecule has 0 saturated carbocycles. The van der Waals surface area contributed by atoms with E-state index in [1.807, 2.05) is 6.92 Å². The number of aliphatic carboxylic acids is 1. The summed E-state index contributed by atoms with van der Waals surface area (Å²) >= 11 is 0. The summed E-state index contributed by atoms with van der Waals surface area (Å²) in [6.07, 6.45) is 5.23. The molecule has 1 aliphatic rings. The number of furan rings is 1. The molecule has 0 radical (unpaired) electrons. The quantitative estimate of drug-likeness (QED) is 0.890. The lowest BCUT2D eigenvalue weighted by molar-refractivity contribution is -0.138. The number of carbonyl (C=O) groups is 2. The van der Waals surface area contributed by atoms with Gasteiger partial charge in [-0.25, -0.2) is 0 Å². The van der Waals surface area contributed by atoms with Crippen molar-refractivity contribution in [1.82, 2.24) is 4.90 Å². The predicted molar refractivity (Wildman–Crippen MR) is 86.4 cm³/mol. The largest absolute Gasteiger partial charge is 0.481 e. The first-order valence-electron chi connectivity index (χ1n) is 8.10. The molecule has 1 aliphatic carbocycles. The molecule has 0 aliphatic heterocycles. The molecule has 1 amide bonds. The van der Waals surface area contributed by atoms with Gasteiger partial charge < -0.3 is 14.4 Å². The van der Waals surface area contributed by atoms with Crippen LogP contribution < -0.4 is 0 Å². The van der Waals surface area contributed by atoms with E-state index in [2.05, 4.69) is 12.1 Å². The van der Waals surface area contributed by atoms with E-state index in [1.54, 1.807) is 11.2 Å². The fourth-order valence-electron chi connectivity index (χ4n) is 3.25. The number of nitrogens with zero attached hydrogens (tertiary/aromatic N) is 1. The zero-order chi connectivity index (χ0) is 16.4. The fraction of sp³-hybridized carbons (Fsp3) is 0.444. The van der Waals surface area contributed by atoms with Gasteiger partial charge in [0.1, 0.15) is 5.58 Å². The van der Waals surface area contributed by atoms with Crippen molar-refractivity contribution >= 4 is 22.8 Å². The normalized spacial score (nSPS) is 13.3. The van der Waals surface area contributed by atoms with E-state index in [-0.39, 0.29) is 25.3 Å². The molecule has 0 fully saturated rings. The van der Waals surface area contributed by atoms with Crippen molar-refractivity contribution in [3.05, 3.63) is 35.1 Å². The highest BCUT2D eigenvalue weighted by molar-refractivity contribution is 5.88. The molecule has 1 aromatic carbocycles. The molecule has 0 unspecified atom stereocenters. The molecule has 1 aromatic heterocycles. The average Bonchev–Trinajstić information content (AvgIpc) is 3.12. The minimum atomic E-state index is -0.888. The van der Waals surface area contributed by atoms with Gasteiger partial charge >= 0.3 is 5.97 Å². The lowest BCUT2D eigenvalue weighted by Crippen LogP contribution is -2.33. The monoisotopic (exact) mass is 315 g/mol. The molecule has 0 bridgehead atoms. The molecular formula is C18H21NO4. The highest BCUT2D eigenvalue weighted by atomic mass is 16.4. The number of aryl methyl sites for hydroxylation is 2. The second-order valence-corrected chi connectivity index (χ2v) is 6.03. The van der Waals surface area contributed by atoms with Gasteiger partial charge in [-0.2, -0.15) is 0 Å². The van der Waals surface area contributed by atoms with Gasteiger partial charge in [0.2, 0.25) is 5.91 Å². The van der Waals surface area contributed by atoms with Crippen molar-refractivity contribution in [1.29, 1.82) is 0 Å². The average molecular weight is 315 g/mol. The summed E-state index contributed by atoms with van der Waals surface area (Å²) in [6, 6.07) is 4.24. The van der Waals surface area contributed by atoms with Crippen LogP contribution in [0.25, 0.3) is 11.0 Å². The summed E-state index contributed by atoms with van der Waals surface area (Å²) in [5.41, 5.74) is 4.42. The number of carboxylic acids is 1. The van der Waals surface area contributed by atoms with E-state index in [1.165, 1.54) is 17.5 Å². The van der Waals surface area contributed by atoms with Gasteiger partial charge in [0.15, 0.2) is 0 Å². The lowest BCUT2D eigenvalue weighted by atomic mass is 10.0. The number of carbonyl (C=O) groups excluding carboxylic acids is 1. The first-order chi connectivity index (χ1) is 11.1. The van der Waals surface area contributed by atoms with Crippen LogP contribution >= 0.6 is 0 Å². The number of carboxylic acid groups (broad SMARTS) is 1. The van der Waals surface area contributed by atoms with Crippen LogP contribution in [0.2, 0.25) is 0 Å². The third kappa shape index (κ3) is 3.23. The summed E-state index contributed by atoms with van der Waals surface area (Å²) in [7, 11) is 0. The van der Waals surface area contributed by atoms with Crippen molar-refractivity contribution in [3.63, 3.8) is 0 Å². The number of likely N-dealkylation sites (N-methyl/N-ethyl adjacent to an activating group) is 1. The number of fused-ring (bicyclic) bond motifs is 2. The molecule has 0 spiro atoms. The van der Waals surface area contributed by atoms with Gasteiger partial charge in [0.25, 0.3) is 0 Å². The second kappa shape index (κ2) is 6.44. The Hall–Kier alpha value is -2.30. The summed E-state index contributed by atoms with van der Waals surface area (Å²) in [5, 5.41) is 9.78. The maximum Gasteiger partial charge on any atom is 0.305 e. The number of amides is 1. The molecule has 23 heavy (non-hydrogen) atoms. The highest BCUT2D eigenvalue weighted by Gasteiger charge is 2.19. The number of benzene rings is 1. The van der Waals surface area contributed by atoms with Gasteiger partial charge in [0.05, 0.1) is 19.1 Å². The molecule has 2 aromatic rings. The van der Waals surface area contributed by atoms with E-state index in [9.17, 15) is 9.59 Å². The van der Waals surface area contributed by atoms with Gasteiger partial charge in [0, 0.05) is 24.0 Å². The van der Waals surface area contributed by atoms with Crippen LogP contribution in [0.5, 0.6) is 0 Å². The topological polar surface area (TPSA) is 70.8 Å². The van der Waals surface area contributed by atoms with Gasteiger partial charge in [-0.3, -0.25) is 9.59 Å². The second-order valence-electron chi connectivity index (χ2n) is 6.03. The van der Waals surface area contributed by atoms with Crippen LogP contribution in [0.4, 0.5) is 0 Å². The minimum absolute atomic E-state index is 0.0285. The molecular weight excluding hydrogens is 294 g/mol. The van der Waals surface area contributed by atoms with Crippen LogP contribution in [0.3, 0.4) is 0 Å². The number of hydrogen-bond acceptors (Lipinski definition) is 3. The molecule has 5 heteroatoms. The molecule has 1 heterocycles. The van der Waals surface area contributed by atoms with Crippen molar-refractivity contribution in [3.8, 4) is 0 Å². The molecule has 122 valence electrons. The van der Waals surface area contributed by atoms with E-state index >= 15 is 0 Å². The van der Waals surface area contributed by atoms with E-state index < -0.39 is 5.97 Å². The molecule has 1 N–H and O–H groups in total. The predicted octanol–water partition coefficient (Wildman–Crippen LogP) is 2.79. The van der Waals surface area contributed by atoms with Crippen LogP contribution in [0.1, 0.15) is 36.5 Å². The minimum Gasteiger partial charge on any atom is -0.481 e. The van der Waals surface area contributed by atoms with Crippen LogP contribution in [-0.2, 0) is 28.9 Å². The van der Waals surface area contributed by atoms with Crippen LogP contribution in [0.15, 0.2) is 22.8 Å². The SMILES string of the molecule is CCN(CCC(=O)O)C(=O)Cc1coc2cc3c(cc12)CCC3. The Labute approximate surface area is 134 Å². The maximum absolute atomic E-state index is 12.4. The Kier molecular flexibility index (Phi) is 4.37. The molecule has 0 saturated heterocycles. The Balaban J connectivity index is 1.78. The fourth-order valence-corrected chi connectivity index (χ4v) is 3.25. The maximum atomic E-state index is 12.4. The highest BCUT2D eigenvalue weighted by Crippen LogP contribution is 2.30. The molecule has 5 nitrogen and oxygen atoms in total. The van der Waals surface area contributed by atoms with Gasteiger partial charge in [-0.15, -0.1) is 0 Å². The van der Waals surface area contributed by atoms with Crippen LogP contribution in [0, 0.1) is 0 Å². The number of hydrogen-bond donors (Lipinski definition) is 1. The summed E-state index contributed by atoms with van der Waals surface area (Å²) in [4.78, 5) is 24.7. The van der Waals surface area contributed by atoms with Crippen molar-refractivity contribution < 1.29 is 19.1 Å². The van der Waals surface area contributed by atoms with E-state index in [0.717, 1.165) is 29.4 Å². The zero-order valence-electron chi connectivity index (χ0n) is 13.3. The summed E-state index contributed by atoms with van der Waals surface area (Å²) in [5.74, 6) is -0.947. The van der Waals surface area contributed by atoms with Crippen molar-refractivity contribution in [2.45, 2.75) is 39.0 Å². The van der Waals surface area contributed by atoms with Crippen molar-refractivity contribution in [2.75, 3.05) is 13.1 Å². The number of rotatable bonds is 6. The third-order valence-corrected chi connectivity index (χ3v) is 4.54. The molecule has 3 rings (SSSR count). The Morgan fingerprint density at radius 2 is 2.00 bits per heavy atom. The summed E-state index contributed by atoms with van der Waals surface area (Å²) in [6.45, 7) is 2.62. The van der Waals surface area contributed by atoms with E-state index in [0.29, 0.717) is 6.54 Å². The Morgan fingerprint density at radius 3 is 2.70 bits per heavy atom. The Bertz CT molecular complexity index is 747. The smallest absolute Gasteiger partial charge is 0.305 e. The Morgan fingerprint density at radius 1 is 1.26 bits per heavy atom. The summed E-state index contributed by atoms with van der Waals surface area (Å²) < 4.78 is 5.62. The molecule has 0 atom stereocenters. The van der Waals surface area contributed by atoms with E-state index in [4.69, 9.17) is 9.52 Å². The van der Waals surface area contributed by atoms with Gasteiger partial charge in [-0.1, -0.05) is 0 Å². The third-order valence-electron chi connectivity index (χ3n) is 4.54. The first kappa shape index (κ1) is 15.6.